The van der Waals surface area contributed by atoms with Crippen molar-refractivity contribution in [3.8, 4) is 0 Å². The molecule has 0 fully saturated rings. The molecule has 0 saturated heterocycles. The zero-order valence-corrected chi connectivity index (χ0v) is 11.4. The first-order valence-corrected chi connectivity index (χ1v) is 6.29. The fraction of sp³-hybridized carbons (Fsp3) is 0.200. The Kier molecular flexibility index (Phi) is 3.78. The van der Waals surface area contributed by atoms with Crippen molar-refractivity contribution >= 4 is 23.0 Å². The predicted molar refractivity (Wildman–Crippen MR) is 79.1 cm³/mol. The Labute approximate surface area is 113 Å². The quantitative estimate of drug-likeness (QED) is 0.814. The van der Waals surface area contributed by atoms with E-state index in [1.54, 1.807) is 0 Å². The molecule has 94 valence electrons. The monoisotopic (exact) mass is 260 g/mol. The van der Waals surface area contributed by atoms with Crippen molar-refractivity contribution in [3.05, 3.63) is 58.1 Å². The summed E-state index contributed by atoms with van der Waals surface area (Å²) < 4.78 is 0. The number of benzene rings is 2. The van der Waals surface area contributed by atoms with E-state index in [4.69, 9.17) is 17.3 Å². The molecule has 2 aromatic rings. The zero-order chi connectivity index (χ0) is 13.1. The van der Waals surface area contributed by atoms with Gasteiger partial charge in [0.25, 0.3) is 0 Å². The summed E-state index contributed by atoms with van der Waals surface area (Å²) in [6.45, 7) is 4.79. The van der Waals surface area contributed by atoms with Gasteiger partial charge in [-0.1, -0.05) is 35.9 Å². The number of hydrogen-bond donors (Lipinski definition) is 2. The van der Waals surface area contributed by atoms with Gasteiger partial charge in [0.05, 0.1) is 11.4 Å². The highest BCUT2D eigenvalue weighted by molar-refractivity contribution is 6.31. The van der Waals surface area contributed by atoms with Crippen LogP contribution in [0.15, 0.2) is 36.4 Å². The van der Waals surface area contributed by atoms with Crippen molar-refractivity contribution in [2.75, 3.05) is 11.1 Å². The highest BCUT2D eigenvalue weighted by atomic mass is 35.5. The first-order chi connectivity index (χ1) is 8.58. The molecule has 2 aromatic carbocycles. The van der Waals surface area contributed by atoms with Crippen LogP contribution in [0.3, 0.4) is 0 Å². The zero-order valence-electron chi connectivity index (χ0n) is 10.6. The molecule has 0 atom stereocenters. The first kappa shape index (κ1) is 12.8. The van der Waals surface area contributed by atoms with Gasteiger partial charge < -0.3 is 11.1 Å². The number of aryl methyl sites for hydroxylation is 2. The number of halogens is 1. The van der Waals surface area contributed by atoms with Crippen LogP contribution in [0.4, 0.5) is 11.4 Å². The summed E-state index contributed by atoms with van der Waals surface area (Å²) in [5, 5.41) is 4.06. The van der Waals surface area contributed by atoms with Crippen molar-refractivity contribution in [2.24, 2.45) is 0 Å². The van der Waals surface area contributed by atoms with Gasteiger partial charge in [-0.15, -0.1) is 0 Å². The minimum Gasteiger partial charge on any atom is -0.397 e. The van der Waals surface area contributed by atoms with Gasteiger partial charge in [0.15, 0.2) is 0 Å². The minimum absolute atomic E-state index is 0.727. The van der Waals surface area contributed by atoms with E-state index in [0.29, 0.717) is 0 Å². The molecule has 0 amide bonds. The summed E-state index contributed by atoms with van der Waals surface area (Å²) in [7, 11) is 0. The van der Waals surface area contributed by atoms with Crippen molar-refractivity contribution in [3.63, 3.8) is 0 Å². The minimum atomic E-state index is 0.727. The van der Waals surface area contributed by atoms with Gasteiger partial charge in [-0.25, -0.2) is 0 Å². The van der Waals surface area contributed by atoms with E-state index in [-0.39, 0.29) is 0 Å². The van der Waals surface area contributed by atoms with Gasteiger partial charge in [-0.3, -0.25) is 0 Å². The molecule has 0 radical (unpaired) electrons. The molecule has 2 rings (SSSR count). The molecular weight excluding hydrogens is 244 g/mol. The van der Waals surface area contributed by atoms with E-state index in [0.717, 1.165) is 28.5 Å². The summed E-state index contributed by atoms with van der Waals surface area (Å²) in [6, 6.07) is 12.1. The lowest BCUT2D eigenvalue weighted by atomic mass is 10.1. The van der Waals surface area contributed by atoms with Gasteiger partial charge in [-0.2, -0.15) is 0 Å². The molecule has 0 spiro atoms. The van der Waals surface area contributed by atoms with Crippen LogP contribution in [0.1, 0.15) is 16.7 Å². The number of nitrogens with two attached hydrogens (primary N) is 1. The van der Waals surface area contributed by atoms with Crippen molar-refractivity contribution < 1.29 is 0 Å². The van der Waals surface area contributed by atoms with E-state index in [9.17, 15) is 0 Å². The van der Waals surface area contributed by atoms with Crippen LogP contribution in [0, 0.1) is 13.8 Å². The summed E-state index contributed by atoms with van der Waals surface area (Å²) in [5.41, 5.74) is 11.1. The SMILES string of the molecule is Cc1cc(N)c(NCc2ccccc2C)cc1Cl. The Morgan fingerprint density at radius 3 is 2.56 bits per heavy atom. The molecular formula is C15H17ClN2. The van der Waals surface area contributed by atoms with Crippen molar-refractivity contribution in [1.82, 2.24) is 0 Å². The van der Waals surface area contributed by atoms with Gasteiger partial charge in [-0.05, 0) is 42.7 Å². The summed E-state index contributed by atoms with van der Waals surface area (Å²) in [6.07, 6.45) is 0. The smallest absolute Gasteiger partial charge is 0.0591 e. The molecule has 0 bridgehead atoms. The van der Waals surface area contributed by atoms with Crippen LogP contribution < -0.4 is 11.1 Å². The normalized spacial score (nSPS) is 10.4. The van der Waals surface area contributed by atoms with Crippen LogP contribution >= 0.6 is 11.6 Å². The number of nitrogens with one attached hydrogen (secondary N) is 1. The highest BCUT2D eigenvalue weighted by Crippen LogP contribution is 2.27. The molecule has 0 aliphatic carbocycles. The van der Waals surface area contributed by atoms with E-state index in [1.165, 1.54) is 11.1 Å². The fourth-order valence-corrected chi connectivity index (χ4v) is 2.02. The lowest BCUT2D eigenvalue weighted by Gasteiger charge is -2.12. The van der Waals surface area contributed by atoms with Crippen LogP contribution in [-0.4, -0.2) is 0 Å². The second kappa shape index (κ2) is 5.32. The highest BCUT2D eigenvalue weighted by Gasteiger charge is 2.04. The van der Waals surface area contributed by atoms with Crippen molar-refractivity contribution in [2.45, 2.75) is 20.4 Å². The molecule has 2 nitrogen and oxygen atoms in total. The largest absolute Gasteiger partial charge is 0.397 e. The molecule has 0 aliphatic heterocycles. The molecule has 0 saturated carbocycles. The number of anilines is 2. The first-order valence-electron chi connectivity index (χ1n) is 5.92. The van der Waals surface area contributed by atoms with E-state index < -0.39 is 0 Å². The second-order valence-corrected chi connectivity index (χ2v) is 4.88. The Hall–Kier alpha value is -1.67. The number of nitrogen functional groups attached to an aromatic ring is 1. The Morgan fingerprint density at radius 2 is 1.83 bits per heavy atom. The van der Waals surface area contributed by atoms with Gasteiger partial charge in [0, 0.05) is 11.6 Å². The molecule has 18 heavy (non-hydrogen) atoms. The van der Waals surface area contributed by atoms with Crippen molar-refractivity contribution in [1.29, 1.82) is 0 Å². The summed E-state index contributed by atoms with van der Waals surface area (Å²) in [4.78, 5) is 0. The predicted octanol–water partition coefficient (Wildman–Crippen LogP) is 4.15. The van der Waals surface area contributed by atoms with E-state index in [2.05, 4.69) is 24.4 Å². The number of rotatable bonds is 3. The van der Waals surface area contributed by atoms with E-state index in [1.807, 2.05) is 31.2 Å². The third kappa shape index (κ3) is 2.77. The lowest BCUT2D eigenvalue weighted by molar-refractivity contribution is 1.12. The molecule has 0 unspecified atom stereocenters. The average Bonchev–Trinajstić information content (AvgIpc) is 2.34. The molecule has 3 heteroatoms. The van der Waals surface area contributed by atoms with Gasteiger partial charge in [0.1, 0.15) is 0 Å². The summed E-state index contributed by atoms with van der Waals surface area (Å²) >= 11 is 6.10. The maximum Gasteiger partial charge on any atom is 0.0591 e. The molecule has 0 heterocycles. The second-order valence-electron chi connectivity index (χ2n) is 4.47. The number of hydrogen-bond acceptors (Lipinski definition) is 2. The third-order valence-electron chi connectivity index (χ3n) is 3.06. The average molecular weight is 261 g/mol. The van der Waals surface area contributed by atoms with E-state index >= 15 is 0 Å². The summed E-state index contributed by atoms with van der Waals surface area (Å²) in [5.74, 6) is 0. The van der Waals surface area contributed by atoms with Gasteiger partial charge >= 0.3 is 0 Å². The van der Waals surface area contributed by atoms with Gasteiger partial charge in [0.2, 0.25) is 0 Å². The van der Waals surface area contributed by atoms with Crippen LogP contribution in [0.25, 0.3) is 0 Å². The third-order valence-corrected chi connectivity index (χ3v) is 3.47. The maximum atomic E-state index is 6.10. The van der Waals surface area contributed by atoms with Crippen LogP contribution in [-0.2, 0) is 6.54 Å². The molecule has 0 aromatic heterocycles. The Balaban J connectivity index is 2.16. The fourth-order valence-electron chi connectivity index (χ4n) is 1.86. The van der Waals surface area contributed by atoms with Crippen LogP contribution in [0.2, 0.25) is 5.02 Å². The van der Waals surface area contributed by atoms with Crippen LogP contribution in [0.5, 0.6) is 0 Å². The maximum absolute atomic E-state index is 6.10. The topological polar surface area (TPSA) is 38.0 Å². The Bertz CT molecular complexity index is 564. The lowest BCUT2D eigenvalue weighted by Crippen LogP contribution is -2.04. The standard InChI is InChI=1S/C15H17ClN2/c1-10-5-3-4-6-12(10)9-18-15-8-13(16)11(2)7-14(15)17/h3-8,18H,9,17H2,1-2H3. The Morgan fingerprint density at radius 1 is 1.11 bits per heavy atom. The molecule has 3 N–H and O–H groups in total. The molecule has 0 aliphatic rings.